The molecule has 7 heteroatoms. The van der Waals surface area contributed by atoms with E-state index in [0.717, 1.165) is 4.31 Å². The van der Waals surface area contributed by atoms with Crippen molar-refractivity contribution in [2.24, 2.45) is 11.8 Å². The molecule has 0 fully saturated rings. The molecule has 0 saturated carbocycles. The third kappa shape index (κ3) is 7.30. The molecular formula is C10H22N2O4S. The number of hydrogen-bond donors (Lipinski definition) is 2. The molecule has 0 aromatic rings. The topological polar surface area (TPSA) is 86.7 Å². The van der Waals surface area contributed by atoms with Gasteiger partial charge in [0.05, 0.1) is 0 Å². The van der Waals surface area contributed by atoms with Crippen LogP contribution in [0.3, 0.4) is 0 Å². The second-order valence-electron chi connectivity index (χ2n) is 4.73. The molecule has 0 bridgehead atoms. The van der Waals surface area contributed by atoms with Gasteiger partial charge >= 0.3 is 5.97 Å². The molecule has 0 radical (unpaired) electrons. The first-order valence-electron chi connectivity index (χ1n) is 5.54. The Morgan fingerprint density at radius 1 is 1.35 bits per heavy atom. The highest BCUT2D eigenvalue weighted by atomic mass is 32.2. The van der Waals surface area contributed by atoms with Crippen LogP contribution in [0.5, 0.6) is 0 Å². The van der Waals surface area contributed by atoms with E-state index < -0.39 is 16.2 Å². The van der Waals surface area contributed by atoms with E-state index in [9.17, 15) is 13.2 Å². The fourth-order valence-corrected chi connectivity index (χ4v) is 2.21. The number of carbonyl (C=O) groups is 1. The van der Waals surface area contributed by atoms with Gasteiger partial charge in [0, 0.05) is 27.1 Å². The Morgan fingerprint density at radius 3 is 2.24 bits per heavy atom. The highest BCUT2D eigenvalue weighted by Crippen LogP contribution is 2.15. The summed E-state index contributed by atoms with van der Waals surface area (Å²) in [5, 5.41) is 8.75. The second-order valence-corrected chi connectivity index (χ2v) is 6.70. The minimum atomic E-state index is -3.47. The molecule has 17 heavy (non-hydrogen) atoms. The van der Waals surface area contributed by atoms with Crippen molar-refractivity contribution in [1.29, 1.82) is 0 Å². The summed E-state index contributed by atoms with van der Waals surface area (Å²) in [6.07, 6.45) is 0.663. The smallest absolute Gasteiger partial charge is 0.303 e. The third-order valence-electron chi connectivity index (χ3n) is 2.30. The monoisotopic (exact) mass is 266 g/mol. The first-order valence-corrected chi connectivity index (χ1v) is 6.98. The van der Waals surface area contributed by atoms with Crippen molar-refractivity contribution in [3.05, 3.63) is 0 Å². The first-order chi connectivity index (χ1) is 7.65. The lowest BCUT2D eigenvalue weighted by Crippen LogP contribution is -2.39. The van der Waals surface area contributed by atoms with Gasteiger partial charge in [-0.2, -0.15) is 12.7 Å². The molecule has 0 aliphatic heterocycles. The maximum absolute atomic E-state index is 11.5. The summed E-state index contributed by atoms with van der Waals surface area (Å²) in [4.78, 5) is 10.7. The van der Waals surface area contributed by atoms with Crippen LogP contribution in [0.25, 0.3) is 0 Å². The zero-order chi connectivity index (χ0) is 13.6. The van der Waals surface area contributed by atoms with E-state index >= 15 is 0 Å². The molecule has 0 spiro atoms. The van der Waals surface area contributed by atoms with Gasteiger partial charge in [-0.3, -0.25) is 4.79 Å². The van der Waals surface area contributed by atoms with Crippen LogP contribution >= 0.6 is 0 Å². The molecule has 1 atom stereocenters. The maximum Gasteiger partial charge on any atom is 0.303 e. The molecule has 0 aromatic carbocycles. The third-order valence-corrected chi connectivity index (χ3v) is 3.80. The van der Waals surface area contributed by atoms with Crippen LogP contribution in [-0.4, -0.2) is 44.4 Å². The number of nitrogens with zero attached hydrogens (tertiary/aromatic N) is 1. The van der Waals surface area contributed by atoms with E-state index in [1.807, 2.05) is 13.8 Å². The molecule has 0 rings (SSSR count). The Morgan fingerprint density at radius 2 is 1.88 bits per heavy atom. The number of carboxylic acid groups (broad SMARTS) is 1. The first kappa shape index (κ1) is 16.3. The van der Waals surface area contributed by atoms with E-state index in [4.69, 9.17) is 5.11 Å². The fraction of sp³-hybridized carbons (Fsp3) is 0.900. The van der Waals surface area contributed by atoms with Gasteiger partial charge in [0.1, 0.15) is 0 Å². The number of hydrogen-bond acceptors (Lipinski definition) is 3. The van der Waals surface area contributed by atoms with Crippen LogP contribution < -0.4 is 4.72 Å². The van der Waals surface area contributed by atoms with Gasteiger partial charge in [0.25, 0.3) is 10.2 Å². The Labute approximate surface area is 103 Å². The molecule has 0 saturated heterocycles. The summed E-state index contributed by atoms with van der Waals surface area (Å²) in [6, 6.07) is 0. The maximum atomic E-state index is 11.5. The zero-order valence-corrected chi connectivity index (χ0v) is 11.6. The van der Waals surface area contributed by atoms with Crippen LogP contribution in [0.2, 0.25) is 0 Å². The number of aliphatic carboxylic acids is 1. The second kappa shape index (κ2) is 6.93. The Hall–Kier alpha value is -0.660. The largest absolute Gasteiger partial charge is 0.481 e. The highest BCUT2D eigenvalue weighted by molar-refractivity contribution is 7.87. The van der Waals surface area contributed by atoms with Gasteiger partial charge in [-0.05, 0) is 18.3 Å². The molecule has 0 aromatic heterocycles. The quantitative estimate of drug-likeness (QED) is 0.670. The molecule has 0 aliphatic carbocycles. The van der Waals surface area contributed by atoms with E-state index in [1.54, 1.807) is 0 Å². The van der Waals surface area contributed by atoms with E-state index in [1.165, 1.54) is 14.1 Å². The number of carboxylic acids is 1. The average Bonchev–Trinajstić information content (AvgIpc) is 2.12. The van der Waals surface area contributed by atoms with E-state index in [0.29, 0.717) is 12.3 Å². The predicted octanol–water partition coefficient (Wildman–Crippen LogP) is 0.519. The van der Waals surface area contributed by atoms with Crippen molar-refractivity contribution in [1.82, 2.24) is 9.03 Å². The van der Waals surface area contributed by atoms with E-state index in [-0.39, 0.29) is 18.9 Å². The normalized spacial score (nSPS) is 14.2. The van der Waals surface area contributed by atoms with Gasteiger partial charge in [-0.1, -0.05) is 13.8 Å². The molecule has 0 heterocycles. The molecular weight excluding hydrogens is 244 g/mol. The van der Waals surface area contributed by atoms with Gasteiger partial charge in [-0.15, -0.1) is 0 Å². The van der Waals surface area contributed by atoms with Crippen molar-refractivity contribution < 1.29 is 18.3 Å². The summed E-state index contributed by atoms with van der Waals surface area (Å²) in [5.74, 6) is -0.745. The number of nitrogens with one attached hydrogen (secondary N) is 1. The summed E-state index contributed by atoms with van der Waals surface area (Å²) in [6.45, 7) is 4.12. The molecule has 0 aliphatic rings. The molecule has 102 valence electrons. The predicted molar refractivity (Wildman–Crippen MR) is 65.8 cm³/mol. The molecule has 0 amide bonds. The number of rotatable bonds is 8. The molecule has 2 N–H and O–H groups in total. The fourth-order valence-electron chi connectivity index (χ4n) is 1.50. The van der Waals surface area contributed by atoms with E-state index in [2.05, 4.69) is 4.72 Å². The lowest BCUT2D eigenvalue weighted by Gasteiger charge is -2.19. The van der Waals surface area contributed by atoms with Crippen LogP contribution in [-0.2, 0) is 15.0 Å². The van der Waals surface area contributed by atoms with Crippen LogP contribution in [0.15, 0.2) is 0 Å². The lowest BCUT2D eigenvalue weighted by molar-refractivity contribution is -0.138. The van der Waals surface area contributed by atoms with Gasteiger partial charge in [-0.25, -0.2) is 4.72 Å². The van der Waals surface area contributed by atoms with Crippen LogP contribution in [0.4, 0.5) is 0 Å². The summed E-state index contributed by atoms with van der Waals surface area (Å²) < 4.78 is 26.4. The highest BCUT2D eigenvalue weighted by Gasteiger charge is 2.19. The molecule has 6 nitrogen and oxygen atoms in total. The van der Waals surface area contributed by atoms with Gasteiger partial charge in [0.15, 0.2) is 0 Å². The summed E-state index contributed by atoms with van der Waals surface area (Å²) in [7, 11) is -0.619. The lowest BCUT2D eigenvalue weighted by atomic mass is 9.94. The van der Waals surface area contributed by atoms with Crippen molar-refractivity contribution in [2.75, 3.05) is 20.6 Å². The summed E-state index contributed by atoms with van der Waals surface area (Å²) >= 11 is 0. The SMILES string of the molecule is CC(C)C[C@H](CNS(=O)(=O)N(C)C)CC(=O)O. The Bertz CT molecular complexity index is 338. The van der Waals surface area contributed by atoms with Crippen molar-refractivity contribution >= 4 is 16.2 Å². The Balaban J connectivity index is 4.40. The molecule has 0 unspecified atom stereocenters. The van der Waals surface area contributed by atoms with Crippen molar-refractivity contribution in [3.8, 4) is 0 Å². The standard InChI is InChI=1S/C10H22N2O4S/c1-8(2)5-9(6-10(13)14)7-11-17(15,16)12(3)4/h8-9,11H,5-7H2,1-4H3,(H,13,14)/t9-/m0/s1. The van der Waals surface area contributed by atoms with Crippen LogP contribution in [0, 0.1) is 11.8 Å². The Kier molecular flexibility index (Phi) is 6.66. The van der Waals surface area contributed by atoms with Crippen molar-refractivity contribution in [2.45, 2.75) is 26.7 Å². The minimum Gasteiger partial charge on any atom is -0.481 e. The van der Waals surface area contributed by atoms with Gasteiger partial charge in [0.2, 0.25) is 0 Å². The van der Waals surface area contributed by atoms with Crippen molar-refractivity contribution in [3.63, 3.8) is 0 Å². The van der Waals surface area contributed by atoms with Gasteiger partial charge < -0.3 is 5.11 Å². The zero-order valence-electron chi connectivity index (χ0n) is 10.8. The van der Waals surface area contributed by atoms with Crippen LogP contribution in [0.1, 0.15) is 26.7 Å². The average molecular weight is 266 g/mol. The summed E-state index contributed by atoms with van der Waals surface area (Å²) in [5.41, 5.74) is 0. The minimum absolute atomic E-state index is 0.0197.